The topological polar surface area (TPSA) is 59.4 Å². The van der Waals surface area contributed by atoms with Crippen LogP contribution in [-0.4, -0.2) is 67.2 Å². The number of allylic oxidation sites excluding steroid dienone is 2. The molecule has 1 aromatic carbocycles. The van der Waals surface area contributed by atoms with Gasteiger partial charge in [-0.3, -0.25) is 5.41 Å². The van der Waals surface area contributed by atoms with E-state index in [0.717, 1.165) is 28.8 Å². The van der Waals surface area contributed by atoms with Crippen molar-refractivity contribution in [3.05, 3.63) is 54.8 Å². The molecule has 31 heavy (non-hydrogen) atoms. The molecule has 10 heteroatoms. The Morgan fingerprint density at radius 1 is 1.35 bits per heavy atom. The quantitative estimate of drug-likeness (QED) is 0.197. The number of carbonyl (C=O) groups excluding carboxylic acids is 1. The summed E-state index contributed by atoms with van der Waals surface area (Å²) in [5.41, 5.74) is -0.905. The Labute approximate surface area is 186 Å². The summed E-state index contributed by atoms with van der Waals surface area (Å²) < 4.78 is 40.2. The largest absolute Gasteiger partial charge is 0.416 e. The van der Waals surface area contributed by atoms with Crippen molar-refractivity contribution < 1.29 is 22.4 Å². The minimum atomic E-state index is -4.56. The number of likely N-dealkylation sites (N-methyl/N-ethyl adjacent to an activating group) is 1. The second-order valence-electron chi connectivity index (χ2n) is 7.89. The van der Waals surface area contributed by atoms with Crippen molar-refractivity contribution in [1.82, 2.24) is 10.2 Å². The van der Waals surface area contributed by atoms with Crippen LogP contribution < -0.4 is 10.2 Å². The number of urea groups is 1. The maximum atomic E-state index is 13.2. The minimum absolute atomic E-state index is 0.0217. The van der Waals surface area contributed by atoms with Crippen LogP contribution in [0.1, 0.15) is 12.5 Å². The molecule has 0 aromatic heterocycles. The van der Waals surface area contributed by atoms with Gasteiger partial charge in [-0.25, -0.2) is 9.69 Å². The Bertz CT molecular complexity index is 805. The van der Waals surface area contributed by atoms with Gasteiger partial charge in [0, 0.05) is 7.05 Å². The van der Waals surface area contributed by atoms with Gasteiger partial charge in [-0.15, -0.1) is 0 Å². The van der Waals surface area contributed by atoms with Gasteiger partial charge < -0.3 is 14.7 Å². The molecule has 172 valence electrons. The summed E-state index contributed by atoms with van der Waals surface area (Å²) in [6.45, 7) is 6.36. The van der Waals surface area contributed by atoms with Gasteiger partial charge in [-0.2, -0.15) is 13.2 Å². The maximum absolute atomic E-state index is 13.2. The summed E-state index contributed by atoms with van der Waals surface area (Å²) in [5.74, 6) is 0. The van der Waals surface area contributed by atoms with Crippen LogP contribution >= 0.6 is 11.8 Å². The van der Waals surface area contributed by atoms with Crippen LogP contribution in [-0.2, 0) is 6.18 Å². The molecule has 2 N–H and O–H groups in total. The zero-order valence-electron chi connectivity index (χ0n) is 18.5. The van der Waals surface area contributed by atoms with Crippen molar-refractivity contribution in [2.45, 2.75) is 18.5 Å². The van der Waals surface area contributed by atoms with Crippen LogP contribution in [0.15, 0.2) is 49.2 Å². The fourth-order valence-corrected chi connectivity index (χ4v) is 3.19. The number of hydrogen-bond donors (Lipinski definition) is 2. The normalized spacial score (nSPS) is 13.0. The van der Waals surface area contributed by atoms with E-state index in [2.05, 4.69) is 11.9 Å². The fourth-order valence-electron chi connectivity index (χ4n) is 2.34. The van der Waals surface area contributed by atoms with Crippen molar-refractivity contribution in [2.24, 2.45) is 0 Å². The molecule has 2 amide bonds. The highest BCUT2D eigenvalue weighted by molar-refractivity contribution is 8.14. The lowest BCUT2D eigenvalue weighted by molar-refractivity contribution is -0.869. The number of alkyl halides is 3. The number of anilines is 1. The molecule has 1 rings (SSSR count). The van der Waals surface area contributed by atoms with E-state index in [9.17, 15) is 18.0 Å². The standard InChI is InChI=1S/C21H30F3N5OS/c1-7-8-13-27(3)16(2)31-19(25)28(20(30)26-12-14-29(4,5)6)18-11-9-10-17(15-18)21(22,23)24/h7-11,13,15-16,25H,1,12,14H2,2-6H3/p+1/b13-8-,25-19?. The molecular formula is C21H31F3N5OS+. The highest BCUT2D eigenvalue weighted by atomic mass is 32.2. The Morgan fingerprint density at radius 2 is 2.00 bits per heavy atom. The number of nitrogens with one attached hydrogen (secondary N) is 2. The number of rotatable bonds is 8. The van der Waals surface area contributed by atoms with Crippen molar-refractivity contribution in [1.29, 1.82) is 5.41 Å². The smallest absolute Gasteiger partial charge is 0.368 e. The van der Waals surface area contributed by atoms with E-state index in [0.29, 0.717) is 17.6 Å². The molecule has 0 aliphatic carbocycles. The lowest BCUT2D eigenvalue weighted by Crippen LogP contribution is -2.48. The highest BCUT2D eigenvalue weighted by Crippen LogP contribution is 2.32. The first-order valence-electron chi connectivity index (χ1n) is 9.58. The van der Waals surface area contributed by atoms with E-state index in [1.807, 2.05) is 28.1 Å². The predicted molar refractivity (Wildman–Crippen MR) is 122 cm³/mol. The monoisotopic (exact) mass is 458 g/mol. The zero-order valence-corrected chi connectivity index (χ0v) is 19.3. The molecule has 0 bridgehead atoms. The summed E-state index contributed by atoms with van der Waals surface area (Å²) in [7, 11) is 7.68. The zero-order chi connectivity index (χ0) is 23.8. The Balaban J connectivity index is 3.16. The van der Waals surface area contributed by atoms with Crippen LogP contribution in [0.2, 0.25) is 0 Å². The van der Waals surface area contributed by atoms with E-state index in [1.54, 1.807) is 30.3 Å². The number of benzene rings is 1. The van der Waals surface area contributed by atoms with Gasteiger partial charge in [0.25, 0.3) is 0 Å². The van der Waals surface area contributed by atoms with E-state index in [4.69, 9.17) is 5.41 Å². The number of halogens is 3. The lowest BCUT2D eigenvalue weighted by atomic mass is 10.2. The minimum Gasteiger partial charge on any atom is -0.368 e. The lowest BCUT2D eigenvalue weighted by Gasteiger charge is -2.29. The predicted octanol–water partition coefficient (Wildman–Crippen LogP) is 4.57. The van der Waals surface area contributed by atoms with E-state index >= 15 is 0 Å². The molecule has 0 saturated heterocycles. The molecule has 0 aliphatic heterocycles. The molecule has 1 atom stereocenters. The Hall–Kier alpha value is -2.46. The van der Waals surface area contributed by atoms with Crippen molar-refractivity contribution in [3.8, 4) is 0 Å². The van der Waals surface area contributed by atoms with E-state index in [1.165, 1.54) is 12.1 Å². The molecule has 0 heterocycles. The third-order valence-electron chi connectivity index (χ3n) is 4.21. The first-order chi connectivity index (χ1) is 14.3. The average Bonchev–Trinajstić information content (AvgIpc) is 2.64. The summed E-state index contributed by atoms with van der Waals surface area (Å²) in [6.07, 6.45) is 0.534. The van der Waals surface area contributed by atoms with Crippen molar-refractivity contribution in [3.63, 3.8) is 0 Å². The van der Waals surface area contributed by atoms with Gasteiger partial charge in [0.15, 0.2) is 5.17 Å². The molecule has 0 saturated carbocycles. The molecule has 1 unspecified atom stereocenters. The molecule has 0 fully saturated rings. The number of thioether (sulfide) groups is 1. The first kappa shape index (κ1) is 26.6. The van der Waals surface area contributed by atoms with Gasteiger partial charge in [-0.1, -0.05) is 30.5 Å². The van der Waals surface area contributed by atoms with Crippen molar-refractivity contribution in [2.75, 3.05) is 46.2 Å². The molecule has 0 radical (unpaired) electrons. The highest BCUT2D eigenvalue weighted by Gasteiger charge is 2.32. The van der Waals surface area contributed by atoms with Crippen LogP contribution in [0.25, 0.3) is 0 Å². The van der Waals surface area contributed by atoms with Crippen LogP contribution in [0, 0.1) is 5.41 Å². The maximum Gasteiger partial charge on any atom is 0.416 e. The second kappa shape index (κ2) is 11.2. The number of hydrogen-bond acceptors (Lipinski definition) is 4. The molecule has 0 aliphatic rings. The van der Waals surface area contributed by atoms with E-state index in [-0.39, 0.29) is 16.2 Å². The third kappa shape index (κ3) is 9.06. The number of amidine groups is 1. The summed E-state index contributed by atoms with van der Waals surface area (Å²) in [4.78, 5) is 15.7. The average molecular weight is 459 g/mol. The van der Waals surface area contributed by atoms with Crippen molar-refractivity contribution >= 4 is 28.6 Å². The summed E-state index contributed by atoms with van der Waals surface area (Å²) in [5, 5.41) is 10.7. The van der Waals surface area contributed by atoms with Gasteiger partial charge in [-0.05, 0) is 37.4 Å². The Kier molecular flexibility index (Phi) is 9.64. The second-order valence-corrected chi connectivity index (χ2v) is 9.20. The van der Waals surface area contributed by atoms with Gasteiger partial charge >= 0.3 is 12.2 Å². The van der Waals surface area contributed by atoms with Crippen LogP contribution in [0.4, 0.5) is 23.7 Å². The number of amides is 2. The van der Waals surface area contributed by atoms with E-state index < -0.39 is 17.8 Å². The summed E-state index contributed by atoms with van der Waals surface area (Å²) >= 11 is 1.05. The van der Waals surface area contributed by atoms with Crippen LogP contribution in [0.5, 0.6) is 0 Å². The molecule has 1 aromatic rings. The van der Waals surface area contributed by atoms with Gasteiger partial charge in [0.2, 0.25) is 0 Å². The van der Waals surface area contributed by atoms with Gasteiger partial charge in [0.1, 0.15) is 0 Å². The SMILES string of the molecule is C=C/C=C\N(C)C(C)SC(=N)N(C(=O)NCC[N+](C)(C)C)c1cccc(C(F)(F)F)c1. The third-order valence-corrected chi connectivity index (χ3v) is 5.29. The number of carbonyl (C=O) groups is 1. The molecule has 0 spiro atoms. The first-order valence-corrected chi connectivity index (χ1v) is 10.5. The molecule has 6 nitrogen and oxygen atoms in total. The van der Waals surface area contributed by atoms with Gasteiger partial charge in [0.05, 0.1) is 50.9 Å². The number of nitrogens with zero attached hydrogens (tertiary/aromatic N) is 3. The van der Waals surface area contributed by atoms with Crippen LogP contribution in [0.3, 0.4) is 0 Å². The molecular weight excluding hydrogens is 427 g/mol. The summed E-state index contributed by atoms with van der Waals surface area (Å²) in [6, 6.07) is 3.77. The fraction of sp³-hybridized carbons (Fsp3) is 0.429. The number of quaternary nitrogens is 1. The Morgan fingerprint density at radius 3 is 2.55 bits per heavy atom.